The van der Waals surface area contributed by atoms with Crippen molar-refractivity contribution in [1.29, 1.82) is 0 Å². The molecule has 1 amide bonds. The molecule has 4 heteroatoms. The Morgan fingerprint density at radius 1 is 1.37 bits per heavy atom. The average Bonchev–Trinajstić information content (AvgIpc) is 2.87. The molecule has 1 aromatic carbocycles. The Morgan fingerprint density at radius 2 is 2.11 bits per heavy atom. The van der Waals surface area contributed by atoms with Crippen LogP contribution in [0.1, 0.15) is 35.7 Å². The zero-order chi connectivity index (χ0) is 13.6. The molecule has 2 aromatic rings. The third-order valence-corrected chi connectivity index (χ3v) is 3.61. The van der Waals surface area contributed by atoms with Crippen LogP contribution in [0.25, 0.3) is 0 Å². The first kappa shape index (κ1) is 12.0. The maximum absolute atomic E-state index is 12.7. The molecule has 3 rings (SSSR count). The highest BCUT2D eigenvalue weighted by Crippen LogP contribution is 2.39. The van der Waals surface area contributed by atoms with Gasteiger partial charge in [0.2, 0.25) is 0 Å². The molecule has 1 aliphatic heterocycles. The summed E-state index contributed by atoms with van der Waals surface area (Å²) >= 11 is 0. The topological polar surface area (TPSA) is 46.3 Å². The number of aromatic nitrogens is 1. The number of benzene rings is 1. The van der Waals surface area contributed by atoms with Gasteiger partial charge in [-0.05, 0) is 38.8 Å². The second kappa shape index (κ2) is 3.95. The lowest BCUT2D eigenvalue weighted by molar-refractivity contribution is 0.0961. The lowest BCUT2D eigenvalue weighted by atomic mass is 9.99. The predicted molar refractivity (Wildman–Crippen MR) is 72.3 cm³/mol. The summed E-state index contributed by atoms with van der Waals surface area (Å²) in [5.74, 6) is 0.464. The van der Waals surface area contributed by atoms with Crippen molar-refractivity contribution in [3.05, 3.63) is 47.7 Å². The number of carbonyl (C=O) groups is 1. The van der Waals surface area contributed by atoms with Crippen LogP contribution in [0, 0.1) is 6.92 Å². The summed E-state index contributed by atoms with van der Waals surface area (Å²) < 4.78 is 5.14. The molecule has 0 N–H and O–H groups in total. The molecule has 0 saturated heterocycles. The van der Waals surface area contributed by atoms with Gasteiger partial charge in [-0.3, -0.25) is 4.79 Å². The Morgan fingerprint density at radius 3 is 2.79 bits per heavy atom. The number of amides is 1. The molecule has 0 radical (unpaired) electrons. The molecule has 0 spiro atoms. The van der Waals surface area contributed by atoms with Crippen molar-refractivity contribution < 1.29 is 9.21 Å². The number of fused-ring (bicyclic) bond motifs is 1. The van der Waals surface area contributed by atoms with E-state index in [0.717, 1.165) is 12.1 Å². The van der Waals surface area contributed by atoms with Crippen molar-refractivity contribution in [3.8, 4) is 0 Å². The van der Waals surface area contributed by atoms with Crippen LogP contribution in [0.3, 0.4) is 0 Å². The van der Waals surface area contributed by atoms with Crippen LogP contribution in [-0.4, -0.2) is 16.4 Å². The molecule has 0 aliphatic carbocycles. The molecule has 19 heavy (non-hydrogen) atoms. The quantitative estimate of drug-likeness (QED) is 0.788. The van der Waals surface area contributed by atoms with Crippen LogP contribution in [0.5, 0.6) is 0 Å². The number of aryl methyl sites for hydroxylation is 1. The maximum Gasteiger partial charge on any atom is 0.281 e. The smallest absolute Gasteiger partial charge is 0.281 e. The molecule has 0 bridgehead atoms. The fourth-order valence-corrected chi connectivity index (χ4v) is 2.75. The molecule has 1 aliphatic rings. The second-order valence-corrected chi connectivity index (χ2v) is 5.52. The van der Waals surface area contributed by atoms with Crippen LogP contribution in [0.15, 0.2) is 35.1 Å². The van der Waals surface area contributed by atoms with Gasteiger partial charge < -0.3 is 9.32 Å². The van der Waals surface area contributed by atoms with Gasteiger partial charge in [-0.1, -0.05) is 18.2 Å². The van der Waals surface area contributed by atoms with Gasteiger partial charge in [-0.25, -0.2) is 4.98 Å². The highest BCUT2D eigenvalue weighted by Gasteiger charge is 2.41. The van der Waals surface area contributed by atoms with Crippen molar-refractivity contribution in [2.24, 2.45) is 0 Å². The van der Waals surface area contributed by atoms with E-state index >= 15 is 0 Å². The number of anilines is 1. The van der Waals surface area contributed by atoms with Gasteiger partial charge in [0, 0.05) is 11.2 Å². The first-order valence-electron chi connectivity index (χ1n) is 6.33. The molecule has 4 nitrogen and oxygen atoms in total. The lowest BCUT2D eigenvalue weighted by Crippen LogP contribution is -2.45. The molecule has 2 heterocycles. The first-order chi connectivity index (χ1) is 9.00. The van der Waals surface area contributed by atoms with Crippen LogP contribution in [0.2, 0.25) is 0 Å². The second-order valence-electron chi connectivity index (χ2n) is 5.52. The van der Waals surface area contributed by atoms with Crippen LogP contribution < -0.4 is 4.90 Å². The van der Waals surface area contributed by atoms with Gasteiger partial charge in [0.25, 0.3) is 5.91 Å². The van der Waals surface area contributed by atoms with E-state index in [-0.39, 0.29) is 11.4 Å². The SMILES string of the molecule is Cc1ocnc1C(=O)N1c2ccccc2CC1(C)C. The minimum atomic E-state index is -0.244. The van der Waals surface area contributed by atoms with Crippen molar-refractivity contribution in [2.75, 3.05) is 4.90 Å². The number of para-hydroxylation sites is 1. The Labute approximate surface area is 112 Å². The highest BCUT2D eigenvalue weighted by molar-refractivity contribution is 6.07. The van der Waals surface area contributed by atoms with Gasteiger partial charge in [-0.2, -0.15) is 0 Å². The standard InChI is InChI=1S/C15H16N2O2/c1-10-13(16-9-19-10)14(18)17-12-7-5-4-6-11(12)8-15(17,2)3/h4-7,9H,8H2,1-3H3. The molecule has 0 unspecified atom stereocenters. The summed E-state index contributed by atoms with van der Waals surface area (Å²) in [6.45, 7) is 5.90. The van der Waals surface area contributed by atoms with E-state index in [1.165, 1.54) is 12.0 Å². The fourth-order valence-electron chi connectivity index (χ4n) is 2.75. The molecule has 0 atom stereocenters. The number of hydrogen-bond acceptors (Lipinski definition) is 3. The molecular weight excluding hydrogens is 240 g/mol. The van der Waals surface area contributed by atoms with E-state index in [1.807, 2.05) is 23.1 Å². The zero-order valence-corrected chi connectivity index (χ0v) is 11.3. The van der Waals surface area contributed by atoms with E-state index in [0.29, 0.717) is 11.5 Å². The van der Waals surface area contributed by atoms with Gasteiger partial charge in [0.15, 0.2) is 12.1 Å². The van der Waals surface area contributed by atoms with Crippen molar-refractivity contribution in [2.45, 2.75) is 32.7 Å². The maximum atomic E-state index is 12.7. The summed E-state index contributed by atoms with van der Waals surface area (Å²) in [7, 11) is 0. The molecule has 98 valence electrons. The Bertz CT molecular complexity index is 643. The summed E-state index contributed by atoms with van der Waals surface area (Å²) in [6, 6.07) is 8.01. The molecule has 1 aromatic heterocycles. The number of rotatable bonds is 1. The highest BCUT2D eigenvalue weighted by atomic mass is 16.3. The Kier molecular flexibility index (Phi) is 2.49. The summed E-state index contributed by atoms with van der Waals surface area (Å²) in [5, 5.41) is 0. The third-order valence-electron chi connectivity index (χ3n) is 3.61. The molecule has 0 fully saturated rings. The van der Waals surface area contributed by atoms with Gasteiger partial charge in [-0.15, -0.1) is 0 Å². The average molecular weight is 256 g/mol. The first-order valence-corrected chi connectivity index (χ1v) is 6.33. The summed E-state index contributed by atoms with van der Waals surface area (Å²) in [5.41, 5.74) is 2.32. The van der Waals surface area contributed by atoms with Gasteiger partial charge in [0.05, 0.1) is 0 Å². The third kappa shape index (κ3) is 1.75. The number of hydrogen-bond donors (Lipinski definition) is 0. The van der Waals surface area contributed by atoms with Crippen LogP contribution >= 0.6 is 0 Å². The number of nitrogens with zero attached hydrogens (tertiary/aromatic N) is 2. The summed E-state index contributed by atoms with van der Waals surface area (Å²) in [6.07, 6.45) is 2.17. The normalized spacial score (nSPS) is 16.5. The minimum Gasteiger partial charge on any atom is -0.448 e. The number of oxazole rings is 1. The Balaban J connectivity index is 2.09. The van der Waals surface area contributed by atoms with E-state index in [9.17, 15) is 4.79 Å². The lowest BCUT2D eigenvalue weighted by Gasteiger charge is -2.31. The molecule has 0 saturated carbocycles. The monoisotopic (exact) mass is 256 g/mol. The van der Waals surface area contributed by atoms with E-state index in [2.05, 4.69) is 24.9 Å². The van der Waals surface area contributed by atoms with E-state index < -0.39 is 0 Å². The van der Waals surface area contributed by atoms with Crippen molar-refractivity contribution in [3.63, 3.8) is 0 Å². The predicted octanol–water partition coefficient (Wildman–Crippen LogP) is 2.96. The summed E-state index contributed by atoms with van der Waals surface area (Å²) in [4.78, 5) is 18.6. The minimum absolute atomic E-state index is 0.0961. The van der Waals surface area contributed by atoms with Crippen LogP contribution in [0.4, 0.5) is 5.69 Å². The van der Waals surface area contributed by atoms with Crippen LogP contribution in [-0.2, 0) is 6.42 Å². The van der Waals surface area contributed by atoms with Crippen molar-refractivity contribution >= 4 is 11.6 Å². The Hall–Kier alpha value is -2.10. The van der Waals surface area contributed by atoms with E-state index in [1.54, 1.807) is 6.92 Å². The van der Waals surface area contributed by atoms with E-state index in [4.69, 9.17) is 4.42 Å². The largest absolute Gasteiger partial charge is 0.448 e. The van der Waals surface area contributed by atoms with Gasteiger partial charge >= 0.3 is 0 Å². The molecular formula is C15H16N2O2. The van der Waals surface area contributed by atoms with Crippen molar-refractivity contribution in [1.82, 2.24) is 4.98 Å². The zero-order valence-electron chi connectivity index (χ0n) is 11.3. The van der Waals surface area contributed by atoms with Gasteiger partial charge in [0.1, 0.15) is 5.76 Å². The number of carbonyl (C=O) groups excluding carboxylic acids is 1. The fraction of sp³-hybridized carbons (Fsp3) is 0.333.